The van der Waals surface area contributed by atoms with E-state index in [1.165, 1.54) is 18.2 Å². The summed E-state index contributed by atoms with van der Waals surface area (Å²) < 4.78 is 0. The van der Waals surface area contributed by atoms with Crippen LogP contribution in [0.5, 0.6) is 0 Å². The number of nitrogens with one attached hydrogen (secondary N) is 1. The van der Waals surface area contributed by atoms with E-state index in [-0.39, 0.29) is 16.6 Å². The standard InChI is InChI=1S/C14H17ClN2O3/c1-4-17(8-9(2)3)14(20)16-10-5-6-11(13(18)19)12(15)7-10/h5-7H,2,4,8H2,1,3H3,(H,16,20)(H,18,19). The van der Waals surface area contributed by atoms with Crippen LogP contribution in [0.4, 0.5) is 10.5 Å². The van der Waals surface area contributed by atoms with Gasteiger partial charge in [-0.25, -0.2) is 9.59 Å². The molecule has 0 aromatic heterocycles. The SMILES string of the molecule is C=C(C)CN(CC)C(=O)Nc1ccc(C(=O)O)c(Cl)c1. The van der Waals surface area contributed by atoms with Crippen molar-refractivity contribution in [1.29, 1.82) is 0 Å². The Hall–Kier alpha value is -2.01. The van der Waals surface area contributed by atoms with Crippen LogP contribution in [0, 0.1) is 0 Å². The van der Waals surface area contributed by atoms with Gasteiger partial charge in [0, 0.05) is 18.8 Å². The van der Waals surface area contributed by atoms with Crippen molar-refractivity contribution < 1.29 is 14.7 Å². The topological polar surface area (TPSA) is 69.6 Å². The molecule has 2 N–H and O–H groups in total. The molecule has 0 unspecified atom stereocenters. The fraction of sp³-hybridized carbons (Fsp3) is 0.286. The zero-order valence-electron chi connectivity index (χ0n) is 11.4. The average Bonchev–Trinajstić information content (AvgIpc) is 2.35. The van der Waals surface area contributed by atoms with E-state index in [0.29, 0.717) is 18.8 Å². The Morgan fingerprint density at radius 3 is 2.55 bits per heavy atom. The van der Waals surface area contributed by atoms with Crippen molar-refractivity contribution in [2.45, 2.75) is 13.8 Å². The summed E-state index contributed by atoms with van der Waals surface area (Å²) >= 11 is 5.85. The number of aromatic carboxylic acids is 1. The largest absolute Gasteiger partial charge is 0.478 e. The molecular weight excluding hydrogens is 280 g/mol. The van der Waals surface area contributed by atoms with Crippen molar-refractivity contribution >= 4 is 29.3 Å². The van der Waals surface area contributed by atoms with E-state index in [9.17, 15) is 9.59 Å². The minimum Gasteiger partial charge on any atom is -0.478 e. The lowest BCUT2D eigenvalue weighted by atomic mass is 10.2. The van der Waals surface area contributed by atoms with Gasteiger partial charge in [-0.05, 0) is 32.0 Å². The van der Waals surface area contributed by atoms with Crippen molar-refractivity contribution in [3.8, 4) is 0 Å². The van der Waals surface area contributed by atoms with E-state index in [2.05, 4.69) is 11.9 Å². The molecule has 0 aliphatic heterocycles. The van der Waals surface area contributed by atoms with Crippen LogP contribution in [0.3, 0.4) is 0 Å². The highest BCUT2D eigenvalue weighted by Gasteiger charge is 2.13. The Balaban J connectivity index is 2.82. The summed E-state index contributed by atoms with van der Waals surface area (Å²) in [7, 11) is 0. The number of nitrogens with zero attached hydrogens (tertiary/aromatic N) is 1. The molecule has 0 spiro atoms. The van der Waals surface area contributed by atoms with Gasteiger partial charge in [-0.3, -0.25) is 0 Å². The fourth-order valence-corrected chi connectivity index (χ4v) is 1.88. The Kier molecular flexibility index (Phi) is 5.58. The number of carboxylic acid groups (broad SMARTS) is 1. The van der Waals surface area contributed by atoms with Crippen molar-refractivity contribution in [3.63, 3.8) is 0 Å². The molecule has 1 aromatic rings. The predicted molar refractivity (Wildman–Crippen MR) is 79.5 cm³/mol. The first-order chi connectivity index (χ1) is 9.35. The fourth-order valence-electron chi connectivity index (χ4n) is 1.62. The summed E-state index contributed by atoms with van der Waals surface area (Å²) in [5, 5.41) is 11.6. The summed E-state index contributed by atoms with van der Waals surface area (Å²) in [4.78, 5) is 24.4. The van der Waals surface area contributed by atoms with Gasteiger partial charge in [0.05, 0.1) is 10.6 Å². The highest BCUT2D eigenvalue weighted by Crippen LogP contribution is 2.21. The van der Waals surface area contributed by atoms with E-state index in [1.807, 2.05) is 13.8 Å². The van der Waals surface area contributed by atoms with Crippen LogP contribution < -0.4 is 5.32 Å². The second-order valence-electron chi connectivity index (χ2n) is 4.40. The van der Waals surface area contributed by atoms with E-state index in [1.54, 1.807) is 4.90 Å². The molecular formula is C14H17ClN2O3. The number of hydrogen-bond donors (Lipinski definition) is 2. The number of rotatable bonds is 5. The zero-order chi connectivity index (χ0) is 15.3. The number of halogens is 1. The summed E-state index contributed by atoms with van der Waals surface area (Å²) in [6, 6.07) is 3.99. The molecule has 1 aromatic carbocycles. The van der Waals surface area contributed by atoms with E-state index < -0.39 is 5.97 Å². The summed E-state index contributed by atoms with van der Waals surface area (Å²) in [6.07, 6.45) is 0. The van der Waals surface area contributed by atoms with Gasteiger partial charge in [0.1, 0.15) is 0 Å². The lowest BCUT2D eigenvalue weighted by Gasteiger charge is -2.21. The van der Waals surface area contributed by atoms with Crippen molar-refractivity contribution in [2.75, 3.05) is 18.4 Å². The molecule has 0 heterocycles. The first-order valence-electron chi connectivity index (χ1n) is 6.08. The number of anilines is 1. The molecule has 0 aliphatic rings. The molecule has 0 bridgehead atoms. The third-order valence-corrected chi connectivity index (χ3v) is 2.89. The summed E-state index contributed by atoms with van der Waals surface area (Å²) in [5.74, 6) is -1.11. The number of amides is 2. The highest BCUT2D eigenvalue weighted by molar-refractivity contribution is 6.33. The Morgan fingerprint density at radius 2 is 2.10 bits per heavy atom. The first kappa shape index (κ1) is 16.0. The minimum absolute atomic E-state index is 0.000973. The molecule has 0 aliphatic carbocycles. The Morgan fingerprint density at radius 1 is 1.45 bits per heavy atom. The Bertz CT molecular complexity index is 543. The molecule has 0 atom stereocenters. The number of urea groups is 1. The van der Waals surface area contributed by atoms with Gasteiger partial charge in [-0.15, -0.1) is 0 Å². The zero-order valence-corrected chi connectivity index (χ0v) is 12.2. The maximum Gasteiger partial charge on any atom is 0.337 e. The normalized spacial score (nSPS) is 9.95. The number of likely N-dealkylation sites (N-methyl/N-ethyl adjacent to an activating group) is 1. The first-order valence-corrected chi connectivity index (χ1v) is 6.46. The monoisotopic (exact) mass is 296 g/mol. The van der Waals surface area contributed by atoms with Crippen LogP contribution in [-0.2, 0) is 0 Å². The average molecular weight is 297 g/mol. The molecule has 0 saturated carbocycles. The van der Waals surface area contributed by atoms with Crippen molar-refractivity contribution in [1.82, 2.24) is 4.90 Å². The van der Waals surface area contributed by atoms with Gasteiger partial charge in [-0.1, -0.05) is 23.8 Å². The molecule has 0 radical (unpaired) electrons. The summed E-state index contributed by atoms with van der Waals surface area (Å²) in [6.45, 7) is 8.48. The van der Waals surface area contributed by atoms with Gasteiger partial charge in [0.2, 0.25) is 0 Å². The quantitative estimate of drug-likeness (QED) is 0.817. The Labute approximate surface area is 122 Å². The molecule has 0 saturated heterocycles. The second kappa shape index (κ2) is 6.96. The molecule has 5 nitrogen and oxygen atoms in total. The maximum absolute atomic E-state index is 12.0. The van der Waals surface area contributed by atoms with Crippen LogP contribution in [0.2, 0.25) is 5.02 Å². The molecule has 1 rings (SSSR count). The number of hydrogen-bond acceptors (Lipinski definition) is 2. The molecule has 108 valence electrons. The van der Waals surface area contributed by atoms with Crippen LogP contribution in [0.1, 0.15) is 24.2 Å². The molecule has 20 heavy (non-hydrogen) atoms. The van der Waals surface area contributed by atoms with Gasteiger partial charge in [0.15, 0.2) is 0 Å². The third kappa shape index (κ3) is 4.28. The van der Waals surface area contributed by atoms with Crippen molar-refractivity contribution in [2.24, 2.45) is 0 Å². The van der Waals surface area contributed by atoms with Gasteiger partial charge in [-0.2, -0.15) is 0 Å². The van der Waals surface area contributed by atoms with Crippen LogP contribution >= 0.6 is 11.6 Å². The lowest BCUT2D eigenvalue weighted by molar-refractivity contribution is 0.0697. The number of carbonyl (C=O) groups excluding carboxylic acids is 1. The van der Waals surface area contributed by atoms with Crippen LogP contribution in [-0.4, -0.2) is 35.1 Å². The lowest BCUT2D eigenvalue weighted by Crippen LogP contribution is -2.35. The smallest absolute Gasteiger partial charge is 0.337 e. The molecule has 0 fully saturated rings. The van der Waals surface area contributed by atoms with E-state index in [0.717, 1.165) is 5.57 Å². The summed E-state index contributed by atoms with van der Waals surface area (Å²) in [5.41, 5.74) is 1.32. The van der Waals surface area contributed by atoms with Crippen LogP contribution in [0.25, 0.3) is 0 Å². The third-order valence-electron chi connectivity index (χ3n) is 2.58. The number of carboxylic acids is 1. The van der Waals surface area contributed by atoms with Gasteiger partial charge >= 0.3 is 12.0 Å². The van der Waals surface area contributed by atoms with Gasteiger partial charge < -0.3 is 15.3 Å². The van der Waals surface area contributed by atoms with Gasteiger partial charge in [0.25, 0.3) is 0 Å². The van der Waals surface area contributed by atoms with E-state index >= 15 is 0 Å². The maximum atomic E-state index is 12.0. The second-order valence-corrected chi connectivity index (χ2v) is 4.81. The molecule has 6 heteroatoms. The van der Waals surface area contributed by atoms with Crippen molar-refractivity contribution in [3.05, 3.63) is 40.9 Å². The predicted octanol–water partition coefficient (Wildman–Crippen LogP) is 3.47. The number of carbonyl (C=O) groups is 2. The van der Waals surface area contributed by atoms with E-state index in [4.69, 9.17) is 16.7 Å². The highest BCUT2D eigenvalue weighted by atomic mass is 35.5. The van der Waals surface area contributed by atoms with Crippen LogP contribution in [0.15, 0.2) is 30.4 Å². The minimum atomic E-state index is -1.11. The number of benzene rings is 1. The molecule has 2 amide bonds.